The van der Waals surface area contributed by atoms with Crippen molar-refractivity contribution >= 4 is 16.7 Å². The van der Waals surface area contributed by atoms with Gasteiger partial charge in [-0.15, -0.1) is 10.2 Å². The zero-order valence-corrected chi connectivity index (χ0v) is 10.5. The first-order valence-electron chi connectivity index (χ1n) is 6.08. The molecule has 92 valence electrons. The third-order valence-electron chi connectivity index (χ3n) is 3.04. The standard InChI is InChI=1S/C16H12N2O/c1-11-6-8-12(9-7-11)16(19)15-10-13-4-2-3-5-14(13)17-18-15/h2-10H,1H3. The Hall–Kier alpha value is -2.55. The summed E-state index contributed by atoms with van der Waals surface area (Å²) in [5.41, 5.74) is 2.93. The third kappa shape index (κ3) is 2.22. The highest BCUT2D eigenvalue weighted by atomic mass is 16.1. The molecule has 0 radical (unpaired) electrons. The third-order valence-corrected chi connectivity index (χ3v) is 3.04. The van der Waals surface area contributed by atoms with Gasteiger partial charge in [-0.25, -0.2) is 0 Å². The molecule has 3 heteroatoms. The van der Waals surface area contributed by atoms with Crippen LogP contribution in [-0.2, 0) is 0 Å². The zero-order valence-electron chi connectivity index (χ0n) is 10.5. The quantitative estimate of drug-likeness (QED) is 0.654. The number of benzene rings is 2. The topological polar surface area (TPSA) is 42.9 Å². The van der Waals surface area contributed by atoms with Gasteiger partial charge in [-0.3, -0.25) is 4.79 Å². The number of aromatic nitrogens is 2. The van der Waals surface area contributed by atoms with Crippen LogP contribution in [0.1, 0.15) is 21.6 Å². The lowest BCUT2D eigenvalue weighted by atomic mass is 10.1. The van der Waals surface area contributed by atoms with Gasteiger partial charge in [-0.05, 0) is 19.1 Å². The van der Waals surface area contributed by atoms with Gasteiger partial charge in [0.1, 0.15) is 5.69 Å². The fraction of sp³-hybridized carbons (Fsp3) is 0.0625. The molecule has 0 N–H and O–H groups in total. The van der Waals surface area contributed by atoms with Crippen LogP contribution in [0.25, 0.3) is 10.9 Å². The molecule has 1 aromatic heterocycles. The van der Waals surface area contributed by atoms with Crippen molar-refractivity contribution in [1.29, 1.82) is 0 Å². The second-order valence-electron chi connectivity index (χ2n) is 4.48. The number of ketones is 1. The Kier molecular flexibility index (Phi) is 2.80. The highest BCUT2D eigenvalue weighted by Gasteiger charge is 2.11. The van der Waals surface area contributed by atoms with Crippen LogP contribution in [0.15, 0.2) is 54.6 Å². The number of hydrogen-bond donors (Lipinski definition) is 0. The lowest BCUT2D eigenvalue weighted by Crippen LogP contribution is -2.05. The van der Waals surface area contributed by atoms with Crippen molar-refractivity contribution in [2.75, 3.05) is 0 Å². The van der Waals surface area contributed by atoms with Crippen LogP contribution in [-0.4, -0.2) is 16.0 Å². The average Bonchev–Trinajstić information content (AvgIpc) is 2.47. The van der Waals surface area contributed by atoms with Gasteiger partial charge >= 0.3 is 0 Å². The van der Waals surface area contributed by atoms with Gasteiger partial charge < -0.3 is 0 Å². The summed E-state index contributed by atoms with van der Waals surface area (Å²) in [6, 6.07) is 16.9. The maximum atomic E-state index is 12.3. The Labute approximate surface area is 110 Å². The van der Waals surface area contributed by atoms with Crippen molar-refractivity contribution in [2.45, 2.75) is 6.92 Å². The number of carbonyl (C=O) groups is 1. The van der Waals surface area contributed by atoms with E-state index in [1.54, 1.807) is 6.07 Å². The minimum absolute atomic E-state index is 0.0988. The van der Waals surface area contributed by atoms with E-state index in [0.29, 0.717) is 11.3 Å². The van der Waals surface area contributed by atoms with E-state index in [1.165, 1.54) is 0 Å². The maximum Gasteiger partial charge on any atom is 0.213 e. The molecule has 0 aliphatic rings. The SMILES string of the molecule is Cc1ccc(C(=O)c2cc3ccccc3nn2)cc1. The molecule has 1 heterocycles. The van der Waals surface area contributed by atoms with E-state index in [4.69, 9.17) is 0 Å². The number of fused-ring (bicyclic) bond motifs is 1. The van der Waals surface area contributed by atoms with Crippen LogP contribution < -0.4 is 0 Å². The Morgan fingerprint density at radius 1 is 0.947 bits per heavy atom. The molecule has 0 fully saturated rings. The molecule has 0 atom stereocenters. The maximum absolute atomic E-state index is 12.3. The summed E-state index contributed by atoms with van der Waals surface area (Å²) in [6.07, 6.45) is 0. The van der Waals surface area contributed by atoms with Crippen LogP contribution in [0.5, 0.6) is 0 Å². The summed E-state index contributed by atoms with van der Waals surface area (Å²) >= 11 is 0. The summed E-state index contributed by atoms with van der Waals surface area (Å²) in [5.74, 6) is -0.0988. The van der Waals surface area contributed by atoms with Gasteiger partial charge in [0.2, 0.25) is 5.78 Å². The molecule has 0 saturated heterocycles. The molecule has 2 aromatic carbocycles. The Morgan fingerprint density at radius 3 is 2.47 bits per heavy atom. The highest BCUT2D eigenvalue weighted by molar-refractivity contribution is 6.08. The van der Waals surface area contributed by atoms with E-state index in [2.05, 4.69) is 10.2 Å². The smallest absolute Gasteiger partial charge is 0.213 e. The molecular weight excluding hydrogens is 236 g/mol. The number of aryl methyl sites for hydroxylation is 1. The molecule has 3 aromatic rings. The largest absolute Gasteiger partial charge is 0.287 e. The first-order chi connectivity index (χ1) is 9.24. The number of nitrogens with zero attached hydrogens (tertiary/aromatic N) is 2. The molecule has 0 spiro atoms. The van der Waals surface area contributed by atoms with Crippen LogP contribution in [0.2, 0.25) is 0 Å². The molecule has 3 rings (SSSR count). The number of hydrogen-bond acceptors (Lipinski definition) is 3. The predicted octanol–water partition coefficient (Wildman–Crippen LogP) is 3.17. The van der Waals surface area contributed by atoms with Gasteiger partial charge in [-0.1, -0.05) is 48.0 Å². The van der Waals surface area contributed by atoms with E-state index >= 15 is 0 Å². The minimum Gasteiger partial charge on any atom is -0.287 e. The van der Waals surface area contributed by atoms with E-state index < -0.39 is 0 Å². The lowest BCUT2D eigenvalue weighted by molar-refractivity contribution is 0.103. The second-order valence-corrected chi connectivity index (χ2v) is 4.48. The summed E-state index contributed by atoms with van der Waals surface area (Å²) in [6.45, 7) is 1.99. The van der Waals surface area contributed by atoms with Crippen molar-refractivity contribution < 1.29 is 4.79 Å². The van der Waals surface area contributed by atoms with E-state index in [0.717, 1.165) is 16.5 Å². The first-order valence-corrected chi connectivity index (χ1v) is 6.08. The first kappa shape index (κ1) is 11.5. The van der Waals surface area contributed by atoms with Crippen LogP contribution in [0.4, 0.5) is 0 Å². The Balaban J connectivity index is 2.04. The fourth-order valence-electron chi connectivity index (χ4n) is 1.95. The molecule has 19 heavy (non-hydrogen) atoms. The highest BCUT2D eigenvalue weighted by Crippen LogP contribution is 2.14. The van der Waals surface area contributed by atoms with Gasteiger partial charge in [0.15, 0.2) is 0 Å². The molecular formula is C16H12N2O. The van der Waals surface area contributed by atoms with Crippen molar-refractivity contribution in [3.63, 3.8) is 0 Å². The van der Waals surface area contributed by atoms with E-state index in [1.807, 2.05) is 55.5 Å². The Morgan fingerprint density at radius 2 is 1.68 bits per heavy atom. The van der Waals surface area contributed by atoms with Gasteiger partial charge in [0.05, 0.1) is 5.52 Å². The van der Waals surface area contributed by atoms with Gasteiger partial charge in [0, 0.05) is 10.9 Å². The molecule has 0 aliphatic carbocycles. The summed E-state index contributed by atoms with van der Waals surface area (Å²) < 4.78 is 0. The molecule has 0 unspecified atom stereocenters. The second kappa shape index (κ2) is 4.61. The molecule has 0 amide bonds. The van der Waals surface area contributed by atoms with E-state index in [-0.39, 0.29) is 5.78 Å². The van der Waals surface area contributed by atoms with Crippen LogP contribution in [0, 0.1) is 6.92 Å². The van der Waals surface area contributed by atoms with Crippen molar-refractivity contribution in [3.05, 3.63) is 71.4 Å². The molecule has 3 nitrogen and oxygen atoms in total. The van der Waals surface area contributed by atoms with Crippen LogP contribution >= 0.6 is 0 Å². The summed E-state index contributed by atoms with van der Waals surface area (Å²) in [5, 5.41) is 9.00. The Bertz CT molecular complexity index is 748. The minimum atomic E-state index is -0.0988. The normalized spacial score (nSPS) is 10.6. The number of rotatable bonds is 2. The lowest BCUT2D eigenvalue weighted by Gasteiger charge is -2.02. The van der Waals surface area contributed by atoms with Crippen molar-refractivity contribution in [3.8, 4) is 0 Å². The number of carbonyl (C=O) groups excluding carboxylic acids is 1. The molecule has 0 aliphatic heterocycles. The summed E-state index contributed by atoms with van der Waals surface area (Å²) in [7, 11) is 0. The van der Waals surface area contributed by atoms with E-state index in [9.17, 15) is 4.79 Å². The summed E-state index contributed by atoms with van der Waals surface area (Å²) in [4.78, 5) is 12.3. The average molecular weight is 248 g/mol. The van der Waals surface area contributed by atoms with Crippen molar-refractivity contribution in [1.82, 2.24) is 10.2 Å². The zero-order chi connectivity index (χ0) is 13.2. The van der Waals surface area contributed by atoms with Crippen molar-refractivity contribution in [2.24, 2.45) is 0 Å². The van der Waals surface area contributed by atoms with Gasteiger partial charge in [-0.2, -0.15) is 0 Å². The van der Waals surface area contributed by atoms with Gasteiger partial charge in [0.25, 0.3) is 0 Å². The monoisotopic (exact) mass is 248 g/mol. The van der Waals surface area contributed by atoms with Crippen LogP contribution in [0.3, 0.4) is 0 Å². The fourth-order valence-corrected chi connectivity index (χ4v) is 1.95. The predicted molar refractivity (Wildman–Crippen MR) is 74.1 cm³/mol. The molecule has 0 saturated carbocycles. The molecule has 0 bridgehead atoms.